The molecule has 1 N–H and O–H groups in total. The highest BCUT2D eigenvalue weighted by atomic mass is 16.2. The predicted molar refractivity (Wildman–Crippen MR) is 136 cm³/mol. The van der Waals surface area contributed by atoms with Gasteiger partial charge in [0.2, 0.25) is 11.8 Å². The molecule has 3 aromatic rings. The van der Waals surface area contributed by atoms with Crippen LogP contribution in [0.4, 0.5) is 0 Å². The molecule has 34 heavy (non-hydrogen) atoms. The molecule has 1 fully saturated rings. The summed E-state index contributed by atoms with van der Waals surface area (Å²) in [5.41, 5.74) is 2.99. The van der Waals surface area contributed by atoms with E-state index in [1.807, 2.05) is 65.6 Å². The average Bonchev–Trinajstić information content (AvgIpc) is 3.23. The summed E-state index contributed by atoms with van der Waals surface area (Å²) in [6, 6.07) is 17.9. The number of unbranched alkanes of at least 4 members (excludes halogenated alkanes) is 2. The highest BCUT2D eigenvalue weighted by molar-refractivity contribution is 5.91. The minimum absolute atomic E-state index is 0.0677. The van der Waals surface area contributed by atoms with Gasteiger partial charge in [-0.2, -0.15) is 0 Å². The lowest BCUT2D eigenvalue weighted by atomic mass is 10.1. The van der Waals surface area contributed by atoms with Crippen molar-refractivity contribution >= 4 is 28.9 Å². The Hall–Kier alpha value is -3.41. The van der Waals surface area contributed by atoms with E-state index in [-0.39, 0.29) is 11.8 Å². The van der Waals surface area contributed by atoms with Crippen LogP contribution in [0.5, 0.6) is 0 Å². The maximum absolute atomic E-state index is 12.9. The maximum Gasteiger partial charge on any atom is 0.243 e. The van der Waals surface area contributed by atoms with E-state index in [2.05, 4.69) is 9.88 Å². The number of likely N-dealkylation sites (tertiary alicyclic amines) is 1. The predicted octanol–water partition coefficient (Wildman–Crippen LogP) is 4.59. The molecule has 0 unspecified atom stereocenters. The van der Waals surface area contributed by atoms with Crippen molar-refractivity contribution in [1.82, 2.24) is 19.8 Å². The van der Waals surface area contributed by atoms with Crippen LogP contribution in [0.2, 0.25) is 0 Å². The number of benzene rings is 2. The zero-order valence-electron chi connectivity index (χ0n) is 19.8. The number of hydrogen-bond donors (Lipinski definition) is 1. The second-order valence-electron chi connectivity index (χ2n) is 8.89. The van der Waals surface area contributed by atoms with Crippen molar-refractivity contribution in [2.75, 3.05) is 19.6 Å². The molecule has 6 heteroatoms. The molecule has 178 valence electrons. The van der Waals surface area contributed by atoms with Crippen LogP contribution in [0.15, 0.2) is 60.7 Å². The van der Waals surface area contributed by atoms with Crippen LogP contribution in [-0.2, 0) is 22.6 Å². The van der Waals surface area contributed by atoms with Crippen LogP contribution >= 0.6 is 0 Å². The van der Waals surface area contributed by atoms with E-state index in [0.29, 0.717) is 13.1 Å². The van der Waals surface area contributed by atoms with Gasteiger partial charge in [0.15, 0.2) is 0 Å². The number of nitrogens with one attached hydrogen (secondary N) is 1. The Morgan fingerprint density at radius 2 is 1.68 bits per heavy atom. The number of amides is 2. The molecule has 0 saturated carbocycles. The summed E-state index contributed by atoms with van der Waals surface area (Å²) in [6.07, 6.45) is 10.5. The molecule has 1 aliphatic rings. The molecule has 6 nitrogen and oxygen atoms in total. The van der Waals surface area contributed by atoms with Crippen LogP contribution in [0, 0.1) is 0 Å². The molecule has 1 aliphatic heterocycles. The fraction of sp³-hybridized carbons (Fsp3) is 0.393. The fourth-order valence-electron chi connectivity index (χ4n) is 4.46. The van der Waals surface area contributed by atoms with Gasteiger partial charge in [0.25, 0.3) is 0 Å². The lowest BCUT2D eigenvalue weighted by molar-refractivity contribution is -0.132. The van der Waals surface area contributed by atoms with Crippen LogP contribution in [0.3, 0.4) is 0 Å². The van der Waals surface area contributed by atoms with E-state index in [1.54, 1.807) is 6.08 Å². The number of aryl methyl sites for hydroxylation is 1. The van der Waals surface area contributed by atoms with Crippen molar-refractivity contribution in [2.45, 2.75) is 51.5 Å². The largest absolute Gasteiger partial charge is 0.353 e. The van der Waals surface area contributed by atoms with Gasteiger partial charge in [-0.25, -0.2) is 4.98 Å². The van der Waals surface area contributed by atoms with Crippen LogP contribution in [0.1, 0.15) is 49.9 Å². The molecule has 2 aromatic carbocycles. The molecule has 0 atom stereocenters. The molecule has 1 aromatic heterocycles. The number of hydrogen-bond acceptors (Lipinski definition) is 3. The molecule has 0 radical (unpaired) electrons. The zero-order valence-corrected chi connectivity index (χ0v) is 19.8. The Bertz CT molecular complexity index is 1110. The first-order chi connectivity index (χ1) is 16.7. The molecular formula is C28H34N4O2. The van der Waals surface area contributed by atoms with E-state index in [1.165, 1.54) is 6.42 Å². The third-order valence-electron chi connectivity index (χ3n) is 6.34. The number of imidazole rings is 1. The van der Waals surface area contributed by atoms with Crippen molar-refractivity contribution < 1.29 is 9.59 Å². The number of rotatable bonds is 10. The van der Waals surface area contributed by atoms with Gasteiger partial charge in [-0.05, 0) is 55.9 Å². The first-order valence-corrected chi connectivity index (χ1v) is 12.4. The molecular weight excluding hydrogens is 424 g/mol. The van der Waals surface area contributed by atoms with Crippen LogP contribution in [0.25, 0.3) is 17.1 Å². The normalized spacial score (nSPS) is 14.1. The summed E-state index contributed by atoms with van der Waals surface area (Å²) in [4.78, 5) is 31.7. The molecule has 0 aliphatic carbocycles. The summed E-state index contributed by atoms with van der Waals surface area (Å²) in [5.74, 6) is 1.10. The summed E-state index contributed by atoms with van der Waals surface area (Å²) < 4.78 is 2.10. The van der Waals surface area contributed by atoms with Crippen molar-refractivity contribution in [3.63, 3.8) is 0 Å². The second-order valence-corrected chi connectivity index (χ2v) is 8.89. The molecule has 0 spiro atoms. The van der Waals surface area contributed by atoms with E-state index in [0.717, 1.165) is 74.0 Å². The monoisotopic (exact) mass is 458 g/mol. The maximum atomic E-state index is 12.9. The van der Waals surface area contributed by atoms with Crippen molar-refractivity contribution in [2.24, 2.45) is 0 Å². The van der Waals surface area contributed by atoms with Gasteiger partial charge < -0.3 is 14.8 Å². The third-order valence-corrected chi connectivity index (χ3v) is 6.34. The van der Waals surface area contributed by atoms with E-state index in [9.17, 15) is 9.59 Å². The van der Waals surface area contributed by atoms with Gasteiger partial charge in [0.1, 0.15) is 12.4 Å². The van der Waals surface area contributed by atoms with Crippen molar-refractivity contribution in [3.8, 4) is 0 Å². The fourth-order valence-corrected chi connectivity index (χ4v) is 4.46. The zero-order chi connectivity index (χ0) is 23.6. The number of nitrogens with zero attached hydrogens (tertiary/aromatic N) is 3. The van der Waals surface area contributed by atoms with E-state index >= 15 is 0 Å². The quantitative estimate of drug-likeness (QED) is 0.357. The molecule has 1 saturated heterocycles. The Morgan fingerprint density at radius 3 is 2.50 bits per heavy atom. The number of para-hydroxylation sites is 2. The molecule has 2 amide bonds. The highest BCUT2D eigenvalue weighted by Crippen LogP contribution is 2.19. The summed E-state index contributed by atoms with van der Waals surface area (Å²) in [6.45, 7) is 2.75. The van der Waals surface area contributed by atoms with Crippen LogP contribution < -0.4 is 5.32 Å². The standard InChI is InChI=1S/C28H34N4O2/c33-27(18-17-23-12-4-1-5-13-23)29-19-9-2-6-16-26-30-24-14-7-8-15-25(24)32(26)22-28(34)31-20-10-3-11-21-31/h1,4-5,7-8,12-15,17-18H,2-3,6,9-11,16,19-22H2,(H,29,33)/b18-17+. The van der Waals surface area contributed by atoms with Gasteiger partial charge in [0.05, 0.1) is 11.0 Å². The van der Waals surface area contributed by atoms with Crippen molar-refractivity contribution in [1.29, 1.82) is 0 Å². The first kappa shape index (κ1) is 23.7. The average molecular weight is 459 g/mol. The summed E-state index contributed by atoms with van der Waals surface area (Å²) in [7, 11) is 0. The molecule has 2 heterocycles. The Labute approximate surface area is 201 Å². The summed E-state index contributed by atoms with van der Waals surface area (Å²) >= 11 is 0. The smallest absolute Gasteiger partial charge is 0.243 e. The SMILES string of the molecule is O=C(/C=C/c1ccccc1)NCCCCCc1nc2ccccc2n1CC(=O)N1CCCCC1. The van der Waals surface area contributed by atoms with Crippen molar-refractivity contribution in [3.05, 3.63) is 72.1 Å². The van der Waals surface area contributed by atoms with Gasteiger partial charge in [-0.15, -0.1) is 0 Å². The second kappa shape index (κ2) is 12.2. The lowest BCUT2D eigenvalue weighted by Crippen LogP contribution is -2.38. The lowest BCUT2D eigenvalue weighted by Gasteiger charge is -2.27. The Kier molecular flexibility index (Phi) is 8.49. The van der Waals surface area contributed by atoms with Gasteiger partial charge in [0, 0.05) is 32.1 Å². The molecule has 0 bridgehead atoms. The number of carbonyl (C=O) groups is 2. The number of fused-ring (bicyclic) bond motifs is 1. The minimum Gasteiger partial charge on any atom is -0.353 e. The van der Waals surface area contributed by atoms with Gasteiger partial charge in [-0.1, -0.05) is 48.9 Å². The topological polar surface area (TPSA) is 67.2 Å². The van der Waals surface area contributed by atoms with Gasteiger partial charge >= 0.3 is 0 Å². The highest BCUT2D eigenvalue weighted by Gasteiger charge is 2.19. The minimum atomic E-state index is -0.0677. The Balaban J connectivity index is 1.25. The number of aromatic nitrogens is 2. The number of carbonyl (C=O) groups excluding carboxylic acids is 2. The van der Waals surface area contributed by atoms with Gasteiger partial charge in [-0.3, -0.25) is 9.59 Å². The van der Waals surface area contributed by atoms with Crippen LogP contribution in [-0.4, -0.2) is 45.9 Å². The Morgan fingerprint density at radius 1 is 0.912 bits per heavy atom. The van der Waals surface area contributed by atoms with E-state index in [4.69, 9.17) is 4.98 Å². The first-order valence-electron chi connectivity index (χ1n) is 12.4. The third kappa shape index (κ3) is 6.56. The number of piperidine rings is 1. The van der Waals surface area contributed by atoms with E-state index < -0.39 is 0 Å². The molecule has 4 rings (SSSR count). The summed E-state index contributed by atoms with van der Waals surface area (Å²) in [5, 5.41) is 2.95.